The van der Waals surface area contributed by atoms with E-state index in [0.717, 1.165) is 11.6 Å². The molecule has 0 atom stereocenters. The lowest BCUT2D eigenvalue weighted by Crippen LogP contribution is -2.42. The van der Waals surface area contributed by atoms with Crippen LogP contribution in [0.25, 0.3) is 0 Å². The first-order valence-corrected chi connectivity index (χ1v) is 9.17. The number of rotatable bonds is 7. The molecule has 0 fully saturated rings. The van der Waals surface area contributed by atoms with Crippen molar-refractivity contribution >= 4 is 29.4 Å². The summed E-state index contributed by atoms with van der Waals surface area (Å²) in [6, 6.07) is 10.6. The number of hydrogen-bond donors (Lipinski definition) is 2. The van der Waals surface area contributed by atoms with E-state index in [1.54, 1.807) is 18.2 Å². The molecular formula is C19H19FN2O4S. The quantitative estimate of drug-likeness (QED) is 0.561. The highest BCUT2D eigenvalue weighted by Crippen LogP contribution is 2.24. The molecule has 0 heterocycles. The minimum absolute atomic E-state index is 0.0579. The van der Waals surface area contributed by atoms with Crippen LogP contribution in [0, 0.1) is 5.82 Å². The predicted octanol–water partition coefficient (Wildman–Crippen LogP) is 2.73. The van der Waals surface area contributed by atoms with Gasteiger partial charge in [-0.3, -0.25) is 25.2 Å². The summed E-state index contributed by atoms with van der Waals surface area (Å²) in [5, 5.41) is 0. The molecule has 142 valence electrons. The molecule has 0 aliphatic carbocycles. The van der Waals surface area contributed by atoms with Gasteiger partial charge in [-0.25, -0.2) is 4.39 Å². The van der Waals surface area contributed by atoms with Gasteiger partial charge in [-0.15, -0.1) is 11.8 Å². The van der Waals surface area contributed by atoms with Gasteiger partial charge in [-0.05, 0) is 37.3 Å². The van der Waals surface area contributed by atoms with Gasteiger partial charge in [0.2, 0.25) is 5.91 Å². The average molecular weight is 390 g/mol. The van der Waals surface area contributed by atoms with Crippen LogP contribution >= 0.6 is 11.8 Å². The highest BCUT2D eigenvalue weighted by molar-refractivity contribution is 7.99. The van der Waals surface area contributed by atoms with Gasteiger partial charge in [0.15, 0.2) is 5.78 Å². The number of carbonyl (C=O) groups is 3. The molecule has 0 bridgehead atoms. The molecule has 2 amide bonds. The second kappa shape index (κ2) is 9.72. The zero-order valence-corrected chi connectivity index (χ0v) is 15.7. The van der Waals surface area contributed by atoms with Crippen LogP contribution in [0.15, 0.2) is 42.5 Å². The van der Waals surface area contributed by atoms with E-state index in [4.69, 9.17) is 4.74 Å². The maximum absolute atomic E-state index is 13.5. The normalized spacial score (nSPS) is 10.2. The Morgan fingerprint density at radius 3 is 2.52 bits per heavy atom. The molecule has 0 aromatic heterocycles. The van der Waals surface area contributed by atoms with Gasteiger partial charge in [0, 0.05) is 16.9 Å². The van der Waals surface area contributed by atoms with Crippen LogP contribution in [0.1, 0.15) is 33.2 Å². The number of hydrogen-bond acceptors (Lipinski definition) is 5. The number of halogens is 1. The SMILES string of the molecule is COc1ccc(C(C)=O)cc1CSCC(=O)NNC(=O)c1ccccc1F. The van der Waals surface area contributed by atoms with Crippen molar-refractivity contribution in [2.75, 3.05) is 12.9 Å². The zero-order valence-electron chi connectivity index (χ0n) is 14.9. The number of nitrogens with one attached hydrogen (secondary N) is 2. The molecule has 0 aliphatic rings. The van der Waals surface area contributed by atoms with Crippen molar-refractivity contribution in [2.24, 2.45) is 0 Å². The summed E-state index contributed by atoms with van der Waals surface area (Å²) < 4.78 is 18.8. The van der Waals surface area contributed by atoms with Crippen molar-refractivity contribution in [1.82, 2.24) is 10.9 Å². The molecular weight excluding hydrogens is 371 g/mol. The second-order valence-corrected chi connectivity index (χ2v) is 6.54. The van der Waals surface area contributed by atoms with E-state index >= 15 is 0 Å². The second-order valence-electron chi connectivity index (χ2n) is 5.56. The number of Topliss-reactive ketones (excluding diaryl/α,β-unsaturated/α-hetero) is 1. The fourth-order valence-corrected chi connectivity index (χ4v) is 3.04. The Bertz CT molecular complexity index is 857. The van der Waals surface area contributed by atoms with Crippen LogP contribution in [0.2, 0.25) is 0 Å². The smallest absolute Gasteiger partial charge is 0.272 e. The van der Waals surface area contributed by atoms with Crippen molar-refractivity contribution in [3.63, 3.8) is 0 Å². The highest BCUT2D eigenvalue weighted by Gasteiger charge is 2.12. The maximum Gasteiger partial charge on any atom is 0.272 e. The minimum Gasteiger partial charge on any atom is -0.496 e. The first-order chi connectivity index (χ1) is 12.9. The van der Waals surface area contributed by atoms with E-state index in [2.05, 4.69) is 10.9 Å². The molecule has 2 rings (SSSR count). The predicted molar refractivity (Wildman–Crippen MR) is 101 cm³/mol. The summed E-state index contributed by atoms with van der Waals surface area (Å²) >= 11 is 1.29. The lowest BCUT2D eigenvalue weighted by Gasteiger charge is -2.10. The van der Waals surface area contributed by atoms with E-state index in [1.807, 2.05) is 0 Å². The summed E-state index contributed by atoms with van der Waals surface area (Å²) in [6.07, 6.45) is 0. The summed E-state index contributed by atoms with van der Waals surface area (Å²) in [6.45, 7) is 1.48. The number of thioether (sulfide) groups is 1. The zero-order chi connectivity index (χ0) is 19.8. The first-order valence-electron chi connectivity index (χ1n) is 8.01. The Morgan fingerprint density at radius 1 is 1.11 bits per heavy atom. The molecule has 0 spiro atoms. The van der Waals surface area contributed by atoms with E-state index < -0.39 is 17.6 Å². The van der Waals surface area contributed by atoms with Crippen molar-refractivity contribution in [3.8, 4) is 5.75 Å². The number of ketones is 1. The molecule has 0 saturated heterocycles. The monoisotopic (exact) mass is 390 g/mol. The van der Waals surface area contributed by atoms with Gasteiger partial charge in [0.05, 0.1) is 18.4 Å². The Labute approximate surface area is 160 Å². The van der Waals surface area contributed by atoms with E-state index in [0.29, 0.717) is 17.1 Å². The van der Waals surface area contributed by atoms with Crippen molar-refractivity contribution in [2.45, 2.75) is 12.7 Å². The number of amides is 2. The third-order valence-electron chi connectivity index (χ3n) is 3.61. The van der Waals surface area contributed by atoms with Gasteiger partial charge in [0.25, 0.3) is 5.91 Å². The van der Waals surface area contributed by atoms with Crippen LogP contribution < -0.4 is 15.6 Å². The lowest BCUT2D eigenvalue weighted by molar-refractivity contribution is -0.119. The molecule has 0 saturated carbocycles. The van der Waals surface area contributed by atoms with Crippen LogP contribution in [-0.2, 0) is 10.5 Å². The van der Waals surface area contributed by atoms with Gasteiger partial charge in [-0.2, -0.15) is 0 Å². The van der Waals surface area contributed by atoms with Crippen LogP contribution in [0.3, 0.4) is 0 Å². The molecule has 27 heavy (non-hydrogen) atoms. The lowest BCUT2D eigenvalue weighted by atomic mass is 10.1. The average Bonchev–Trinajstić information content (AvgIpc) is 2.66. The highest BCUT2D eigenvalue weighted by atomic mass is 32.2. The molecule has 6 nitrogen and oxygen atoms in total. The van der Waals surface area contributed by atoms with Gasteiger partial charge in [0.1, 0.15) is 11.6 Å². The van der Waals surface area contributed by atoms with Gasteiger partial charge < -0.3 is 4.74 Å². The van der Waals surface area contributed by atoms with Crippen molar-refractivity contribution < 1.29 is 23.5 Å². The van der Waals surface area contributed by atoms with E-state index in [-0.39, 0.29) is 17.1 Å². The maximum atomic E-state index is 13.5. The Morgan fingerprint density at radius 2 is 1.85 bits per heavy atom. The largest absolute Gasteiger partial charge is 0.496 e. The standard InChI is InChI=1S/C19H19FN2O4S/c1-12(23)13-7-8-17(26-2)14(9-13)10-27-11-18(24)21-22-19(25)15-5-3-4-6-16(15)20/h3-9H,10-11H2,1-2H3,(H,21,24)(H,22,25). The van der Waals surface area contributed by atoms with E-state index in [1.165, 1.54) is 44.0 Å². The summed E-state index contributed by atoms with van der Waals surface area (Å²) in [5.41, 5.74) is 5.61. The molecule has 8 heteroatoms. The summed E-state index contributed by atoms with van der Waals surface area (Å²) in [4.78, 5) is 35.2. The molecule has 0 unspecified atom stereocenters. The topological polar surface area (TPSA) is 84.5 Å². The van der Waals surface area contributed by atoms with Crippen molar-refractivity contribution in [1.29, 1.82) is 0 Å². The van der Waals surface area contributed by atoms with Gasteiger partial charge in [-0.1, -0.05) is 12.1 Å². The molecule has 0 aliphatic heterocycles. The van der Waals surface area contributed by atoms with Crippen LogP contribution in [0.5, 0.6) is 5.75 Å². The van der Waals surface area contributed by atoms with Crippen LogP contribution in [0.4, 0.5) is 4.39 Å². The number of hydrazine groups is 1. The summed E-state index contributed by atoms with van der Waals surface area (Å²) in [5.74, 6) is -0.771. The van der Waals surface area contributed by atoms with Gasteiger partial charge >= 0.3 is 0 Å². The third kappa shape index (κ3) is 5.82. The van der Waals surface area contributed by atoms with Crippen LogP contribution in [-0.4, -0.2) is 30.5 Å². The van der Waals surface area contributed by atoms with E-state index in [9.17, 15) is 18.8 Å². The number of carbonyl (C=O) groups excluding carboxylic acids is 3. The molecule has 2 aromatic carbocycles. The number of benzene rings is 2. The molecule has 2 N–H and O–H groups in total. The Balaban J connectivity index is 1.84. The molecule has 2 aromatic rings. The van der Waals surface area contributed by atoms with Crippen molar-refractivity contribution in [3.05, 3.63) is 65.0 Å². The molecule has 0 radical (unpaired) electrons. The number of ether oxygens (including phenoxy) is 1. The summed E-state index contributed by atoms with van der Waals surface area (Å²) in [7, 11) is 1.53. The first kappa shape index (κ1) is 20.4. The Hall–Kier alpha value is -2.87. The minimum atomic E-state index is -0.734. The Kier molecular flexibility index (Phi) is 7.36. The third-order valence-corrected chi connectivity index (χ3v) is 4.59. The fraction of sp³-hybridized carbons (Fsp3) is 0.211. The number of methoxy groups -OCH3 is 1. The fourth-order valence-electron chi connectivity index (χ4n) is 2.24.